The summed E-state index contributed by atoms with van der Waals surface area (Å²) in [6.45, 7) is 0.498. The summed E-state index contributed by atoms with van der Waals surface area (Å²) in [6, 6.07) is 14.5. The standard InChI is InChI=1S/C17H13N3O/c18-13-15-6-4-14(5-7-15)8-9-17(21)20-12-10-16-3-1-2-11-19-16/h1-7,11H,10,12H2,(H,20,21). The van der Waals surface area contributed by atoms with E-state index in [1.54, 1.807) is 30.5 Å². The minimum atomic E-state index is -0.324. The van der Waals surface area contributed by atoms with Gasteiger partial charge >= 0.3 is 0 Å². The SMILES string of the molecule is N#Cc1ccc(C#CC(=O)NCCc2ccccn2)cc1. The van der Waals surface area contributed by atoms with Crippen LogP contribution in [0.25, 0.3) is 0 Å². The molecule has 0 saturated carbocycles. The van der Waals surface area contributed by atoms with Crippen molar-refractivity contribution in [3.8, 4) is 17.9 Å². The predicted molar refractivity (Wildman–Crippen MR) is 79.0 cm³/mol. The molecule has 0 saturated heterocycles. The molecule has 102 valence electrons. The first-order chi connectivity index (χ1) is 10.3. The molecule has 0 aliphatic carbocycles. The first-order valence-corrected chi connectivity index (χ1v) is 6.48. The molecule has 0 spiro atoms. The van der Waals surface area contributed by atoms with E-state index < -0.39 is 0 Å². The molecular formula is C17H13N3O. The highest BCUT2D eigenvalue weighted by Gasteiger charge is 1.97. The summed E-state index contributed by atoms with van der Waals surface area (Å²) in [5.41, 5.74) is 2.20. The van der Waals surface area contributed by atoms with Crippen molar-refractivity contribution in [3.63, 3.8) is 0 Å². The van der Waals surface area contributed by atoms with Crippen molar-refractivity contribution in [2.45, 2.75) is 6.42 Å². The van der Waals surface area contributed by atoms with Crippen LogP contribution in [0, 0.1) is 23.2 Å². The number of carbonyl (C=O) groups is 1. The van der Waals surface area contributed by atoms with Crippen LogP contribution in [-0.2, 0) is 11.2 Å². The van der Waals surface area contributed by atoms with E-state index in [9.17, 15) is 4.79 Å². The van der Waals surface area contributed by atoms with E-state index in [-0.39, 0.29) is 5.91 Å². The van der Waals surface area contributed by atoms with Crippen LogP contribution in [0.3, 0.4) is 0 Å². The summed E-state index contributed by atoms with van der Waals surface area (Å²) in [5.74, 6) is 4.95. The second-order valence-electron chi connectivity index (χ2n) is 4.27. The Labute approximate surface area is 123 Å². The Hall–Kier alpha value is -3.11. The number of nitrogens with one attached hydrogen (secondary N) is 1. The Morgan fingerprint density at radius 2 is 1.90 bits per heavy atom. The van der Waals surface area contributed by atoms with Crippen LogP contribution in [0.4, 0.5) is 0 Å². The zero-order valence-corrected chi connectivity index (χ0v) is 11.3. The van der Waals surface area contributed by atoms with Gasteiger partial charge in [0.05, 0.1) is 11.6 Å². The molecular weight excluding hydrogens is 262 g/mol. The fraction of sp³-hybridized carbons (Fsp3) is 0.118. The van der Waals surface area contributed by atoms with Gasteiger partial charge in [-0.15, -0.1) is 0 Å². The number of benzene rings is 1. The van der Waals surface area contributed by atoms with Gasteiger partial charge in [0.25, 0.3) is 5.91 Å². The maximum Gasteiger partial charge on any atom is 0.296 e. The monoisotopic (exact) mass is 275 g/mol. The van der Waals surface area contributed by atoms with E-state index in [0.29, 0.717) is 24.1 Å². The Bertz CT molecular complexity index is 704. The van der Waals surface area contributed by atoms with Crippen molar-refractivity contribution >= 4 is 5.91 Å². The third kappa shape index (κ3) is 4.81. The summed E-state index contributed by atoms with van der Waals surface area (Å²) >= 11 is 0. The number of nitriles is 1. The first kappa shape index (κ1) is 14.3. The predicted octanol–water partition coefficient (Wildman–Crippen LogP) is 1.66. The normalized spacial score (nSPS) is 9.10. The van der Waals surface area contributed by atoms with Crippen molar-refractivity contribution in [2.75, 3.05) is 6.54 Å². The summed E-state index contributed by atoms with van der Waals surface area (Å²) in [4.78, 5) is 15.7. The lowest BCUT2D eigenvalue weighted by Crippen LogP contribution is -2.24. The molecule has 0 aliphatic heterocycles. The number of pyridine rings is 1. The maximum atomic E-state index is 11.6. The Morgan fingerprint density at radius 3 is 2.57 bits per heavy atom. The highest BCUT2D eigenvalue weighted by Crippen LogP contribution is 2.01. The van der Waals surface area contributed by atoms with Gasteiger partial charge in [-0.2, -0.15) is 5.26 Å². The smallest absolute Gasteiger partial charge is 0.296 e. The number of hydrogen-bond donors (Lipinski definition) is 1. The number of nitrogens with zero attached hydrogens (tertiary/aromatic N) is 2. The molecule has 0 bridgehead atoms. The second kappa shape index (κ2) is 7.47. The van der Waals surface area contributed by atoms with E-state index in [4.69, 9.17) is 5.26 Å². The molecule has 0 atom stereocenters. The van der Waals surface area contributed by atoms with Crippen LogP contribution in [-0.4, -0.2) is 17.4 Å². The van der Waals surface area contributed by atoms with Gasteiger partial charge in [0.2, 0.25) is 0 Å². The number of aromatic nitrogens is 1. The summed E-state index contributed by atoms with van der Waals surface area (Å²) in [6.07, 6.45) is 2.40. The molecule has 1 amide bonds. The molecule has 2 rings (SSSR count). The van der Waals surface area contributed by atoms with Crippen LogP contribution in [0.15, 0.2) is 48.7 Å². The second-order valence-corrected chi connectivity index (χ2v) is 4.27. The van der Waals surface area contributed by atoms with Crippen LogP contribution in [0.1, 0.15) is 16.8 Å². The van der Waals surface area contributed by atoms with E-state index in [2.05, 4.69) is 22.1 Å². The Balaban J connectivity index is 1.82. The molecule has 1 aromatic heterocycles. The summed E-state index contributed by atoms with van der Waals surface area (Å²) < 4.78 is 0. The quantitative estimate of drug-likeness (QED) is 0.866. The van der Waals surface area contributed by atoms with Crippen molar-refractivity contribution in [1.82, 2.24) is 10.3 Å². The Kier molecular flexibility index (Phi) is 5.09. The number of rotatable bonds is 3. The average Bonchev–Trinajstić information content (AvgIpc) is 2.54. The molecule has 4 nitrogen and oxygen atoms in total. The van der Waals surface area contributed by atoms with Crippen molar-refractivity contribution < 1.29 is 4.79 Å². The largest absolute Gasteiger partial charge is 0.345 e. The number of carbonyl (C=O) groups excluding carboxylic acids is 1. The fourth-order valence-electron chi connectivity index (χ4n) is 1.65. The molecule has 0 fully saturated rings. The van der Waals surface area contributed by atoms with Gasteiger partial charge in [-0.25, -0.2) is 0 Å². The van der Waals surface area contributed by atoms with Crippen molar-refractivity contribution in [2.24, 2.45) is 0 Å². The van der Waals surface area contributed by atoms with E-state index in [0.717, 1.165) is 5.69 Å². The third-order valence-corrected chi connectivity index (χ3v) is 2.73. The van der Waals surface area contributed by atoms with Gasteiger partial charge < -0.3 is 5.32 Å². The molecule has 4 heteroatoms. The van der Waals surface area contributed by atoms with E-state index in [1.165, 1.54) is 0 Å². The summed E-state index contributed by atoms with van der Waals surface area (Å²) in [7, 11) is 0. The van der Waals surface area contributed by atoms with Gasteiger partial charge in [0.1, 0.15) is 0 Å². The molecule has 21 heavy (non-hydrogen) atoms. The Morgan fingerprint density at radius 1 is 1.14 bits per heavy atom. The zero-order valence-electron chi connectivity index (χ0n) is 11.3. The molecule has 1 N–H and O–H groups in total. The topological polar surface area (TPSA) is 65.8 Å². The third-order valence-electron chi connectivity index (χ3n) is 2.73. The van der Waals surface area contributed by atoms with E-state index >= 15 is 0 Å². The molecule has 1 heterocycles. The van der Waals surface area contributed by atoms with Gasteiger partial charge in [-0.3, -0.25) is 9.78 Å². The highest BCUT2D eigenvalue weighted by atomic mass is 16.1. The molecule has 1 aromatic carbocycles. The minimum Gasteiger partial charge on any atom is -0.345 e. The molecule has 2 aromatic rings. The number of hydrogen-bond acceptors (Lipinski definition) is 3. The molecule has 0 radical (unpaired) electrons. The summed E-state index contributed by atoms with van der Waals surface area (Å²) in [5, 5.41) is 11.4. The lowest BCUT2D eigenvalue weighted by Gasteiger charge is -2.00. The van der Waals surface area contributed by atoms with Gasteiger partial charge in [-0.1, -0.05) is 12.0 Å². The minimum absolute atomic E-state index is 0.324. The van der Waals surface area contributed by atoms with Crippen molar-refractivity contribution in [1.29, 1.82) is 5.26 Å². The maximum absolute atomic E-state index is 11.6. The first-order valence-electron chi connectivity index (χ1n) is 6.48. The van der Waals surface area contributed by atoms with Crippen LogP contribution in [0.5, 0.6) is 0 Å². The van der Waals surface area contributed by atoms with Gasteiger partial charge in [0, 0.05) is 36.3 Å². The van der Waals surface area contributed by atoms with Crippen LogP contribution >= 0.6 is 0 Å². The zero-order chi connectivity index (χ0) is 14.9. The van der Waals surface area contributed by atoms with Crippen LogP contribution < -0.4 is 5.32 Å². The lowest BCUT2D eigenvalue weighted by atomic mass is 10.1. The average molecular weight is 275 g/mol. The lowest BCUT2D eigenvalue weighted by molar-refractivity contribution is -0.115. The van der Waals surface area contributed by atoms with E-state index in [1.807, 2.05) is 24.3 Å². The van der Waals surface area contributed by atoms with Crippen molar-refractivity contribution in [3.05, 3.63) is 65.5 Å². The highest BCUT2D eigenvalue weighted by molar-refractivity contribution is 5.94. The fourth-order valence-corrected chi connectivity index (χ4v) is 1.65. The van der Waals surface area contributed by atoms with Crippen LogP contribution in [0.2, 0.25) is 0 Å². The molecule has 0 unspecified atom stereocenters. The number of amides is 1. The molecule has 0 aliphatic rings. The van der Waals surface area contributed by atoms with Gasteiger partial charge in [0.15, 0.2) is 0 Å². The van der Waals surface area contributed by atoms with Gasteiger partial charge in [-0.05, 0) is 36.4 Å².